The minimum absolute atomic E-state index is 0.742. The third-order valence-electron chi connectivity index (χ3n) is 1.86. The number of hydrogen-bond donors (Lipinski definition) is 1. The van der Waals surface area contributed by atoms with E-state index in [0.717, 1.165) is 30.9 Å². The molecule has 0 spiro atoms. The zero-order chi connectivity index (χ0) is 7.84. The van der Waals surface area contributed by atoms with Crippen molar-refractivity contribution >= 4 is 9.39 Å². The van der Waals surface area contributed by atoms with Crippen molar-refractivity contribution in [3.8, 4) is 0 Å². The monoisotopic (exact) mass is 171 g/mol. The highest BCUT2D eigenvalue weighted by molar-refractivity contribution is 7.14. The normalized spacial score (nSPS) is 18.4. The molecule has 0 aromatic carbocycles. The fourth-order valence-corrected chi connectivity index (χ4v) is 1.51. The van der Waals surface area contributed by atoms with Gasteiger partial charge in [0.2, 0.25) is 0 Å². The summed E-state index contributed by atoms with van der Waals surface area (Å²) in [5, 5.41) is 9.65. The maximum absolute atomic E-state index is 5.63. The molecule has 2 heterocycles. The summed E-state index contributed by atoms with van der Waals surface area (Å²) in [4.78, 5) is 0. The van der Waals surface area contributed by atoms with Crippen LogP contribution in [0.15, 0.2) is 0 Å². The lowest BCUT2D eigenvalue weighted by Crippen LogP contribution is -2.36. The number of aromatic nitrogens is 3. The van der Waals surface area contributed by atoms with Gasteiger partial charge in [0.15, 0.2) is 0 Å². The van der Waals surface area contributed by atoms with Gasteiger partial charge in [-0.1, -0.05) is 5.21 Å². The van der Waals surface area contributed by atoms with Crippen molar-refractivity contribution in [3.63, 3.8) is 0 Å². The van der Waals surface area contributed by atoms with Crippen LogP contribution < -0.4 is 5.84 Å². The third-order valence-corrected chi connectivity index (χ3v) is 2.28. The van der Waals surface area contributed by atoms with Crippen LogP contribution in [0.1, 0.15) is 11.4 Å². The molecule has 0 saturated carbocycles. The van der Waals surface area contributed by atoms with Crippen molar-refractivity contribution in [2.45, 2.75) is 13.0 Å². The molecule has 1 aromatic heterocycles. The van der Waals surface area contributed by atoms with Crippen molar-refractivity contribution < 1.29 is 0 Å². The molecule has 5 nitrogen and oxygen atoms in total. The van der Waals surface area contributed by atoms with E-state index in [0.29, 0.717) is 0 Å². The molecule has 11 heavy (non-hydrogen) atoms. The lowest BCUT2D eigenvalue weighted by Gasteiger charge is -2.20. The Balaban J connectivity index is 2.37. The van der Waals surface area contributed by atoms with Gasteiger partial charge in [0.05, 0.1) is 17.9 Å². The van der Waals surface area contributed by atoms with Crippen LogP contribution in [0.25, 0.3) is 0 Å². The Morgan fingerprint density at radius 3 is 3.18 bits per heavy atom. The topological polar surface area (TPSA) is 60.0 Å². The summed E-state index contributed by atoms with van der Waals surface area (Å²) in [6.45, 7) is 1.61. The van der Waals surface area contributed by atoms with Gasteiger partial charge in [-0.25, -0.2) is 9.46 Å². The molecule has 0 amide bonds. The standard InChI is InChI=1S/C5H10N5P/c6-9-2-1-4-5(3-9)10(11)8-7-4/h1-3,6,11H2. The molecule has 6 heteroatoms. The number of fused-ring (bicyclic) bond motifs is 1. The Labute approximate surface area is 66.8 Å². The summed E-state index contributed by atoms with van der Waals surface area (Å²) in [6, 6.07) is 0. The Morgan fingerprint density at radius 1 is 1.55 bits per heavy atom. The van der Waals surface area contributed by atoms with Gasteiger partial charge in [0, 0.05) is 13.0 Å². The lowest BCUT2D eigenvalue weighted by molar-refractivity contribution is 0.257. The minimum Gasteiger partial charge on any atom is -0.268 e. The van der Waals surface area contributed by atoms with E-state index in [1.165, 1.54) is 0 Å². The fourth-order valence-electron chi connectivity index (χ4n) is 1.23. The van der Waals surface area contributed by atoms with Crippen molar-refractivity contribution in [2.75, 3.05) is 6.54 Å². The average molecular weight is 171 g/mol. The van der Waals surface area contributed by atoms with Crippen LogP contribution >= 0.6 is 9.39 Å². The summed E-state index contributed by atoms with van der Waals surface area (Å²) in [5.41, 5.74) is 2.17. The van der Waals surface area contributed by atoms with E-state index in [-0.39, 0.29) is 0 Å². The summed E-state index contributed by atoms with van der Waals surface area (Å²) in [7, 11) is 2.49. The van der Waals surface area contributed by atoms with Crippen molar-refractivity contribution in [1.82, 2.24) is 19.8 Å². The fraction of sp³-hybridized carbons (Fsp3) is 0.600. The molecular weight excluding hydrogens is 161 g/mol. The van der Waals surface area contributed by atoms with Crippen LogP contribution in [0.3, 0.4) is 0 Å². The van der Waals surface area contributed by atoms with Crippen LogP contribution in [-0.4, -0.2) is 26.3 Å². The zero-order valence-electron chi connectivity index (χ0n) is 6.06. The Bertz CT molecular complexity index is 270. The molecule has 0 fully saturated rings. The molecule has 1 aromatic rings. The van der Waals surface area contributed by atoms with Gasteiger partial charge in [-0.15, -0.1) is 5.10 Å². The van der Waals surface area contributed by atoms with E-state index in [4.69, 9.17) is 5.84 Å². The first-order valence-corrected chi connectivity index (χ1v) is 3.97. The number of hydrogen-bond acceptors (Lipinski definition) is 4. The number of hydrazine groups is 1. The van der Waals surface area contributed by atoms with E-state index in [9.17, 15) is 0 Å². The van der Waals surface area contributed by atoms with E-state index in [1.807, 2.05) is 0 Å². The van der Waals surface area contributed by atoms with Gasteiger partial charge in [0.1, 0.15) is 0 Å². The molecule has 1 aliphatic rings. The number of nitrogens with two attached hydrogens (primary N) is 1. The van der Waals surface area contributed by atoms with Crippen molar-refractivity contribution in [2.24, 2.45) is 5.84 Å². The number of nitrogens with zero attached hydrogens (tertiary/aromatic N) is 4. The first-order valence-electron chi connectivity index (χ1n) is 3.45. The van der Waals surface area contributed by atoms with Crippen molar-refractivity contribution in [3.05, 3.63) is 11.4 Å². The maximum Gasteiger partial charge on any atom is 0.0889 e. The van der Waals surface area contributed by atoms with Crippen LogP contribution in [0, 0.1) is 0 Å². The van der Waals surface area contributed by atoms with Crippen LogP contribution in [-0.2, 0) is 13.0 Å². The van der Waals surface area contributed by atoms with Crippen LogP contribution in [0.5, 0.6) is 0 Å². The van der Waals surface area contributed by atoms with E-state index in [1.54, 1.807) is 9.46 Å². The van der Waals surface area contributed by atoms with Gasteiger partial charge in [-0.3, -0.25) is 5.84 Å². The maximum atomic E-state index is 5.63. The summed E-state index contributed by atoms with van der Waals surface area (Å²) in [5.74, 6) is 5.63. The van der Waals surface area contributed by atoms with Gasteiger partial charge >= 0.3 is 0 Å². The van der Waals surface area contributed by atoms with Gasteiger partial charge in [-0.05, 0) is 9.39 Å². The SMILES string of the molecule is NN1CCc2nnn(P)c2C1. The number of rotatable bonds is 0. The van der Waals surface area contributed by atoms with E-state index in [2.05, 4.69) is 19.7 Å². The lowest BCUT2D eigenvalue weighted by atomic mass is 10.2. The molecular formula is C5H10N5P. The second kappa shape index (κ2) is 2.52. The first-order chi connectivity index (χ1) is 5.27. The highest BCUT2D eigenvalue weighted by Gasteiger charge is 2.18. The Hall–Kier alpha value is -0.510. The highest BCUT2D eigenvalue weighted by Crippen LogP contribution is 2.14. The van der Waals surface area contributed by atoms with Crippen LogP contribution in [0.4, 0.5) is 0 Å². The van der Waals surface area contributed by atoms with Crippen LogP contribution in [0.2, 0.25) is 0 Å². The zero-order valence-corrected chi connectivity index (χ0v) is 7.22. The van der Waals surface area contributed by atoms with Gasteiger partial charge in [0.25, 0.3) is 0 Å². The predicted octanol–water partition coefficient (Wildman–Crippen LogP) is -0.852. The molecule has 60 valence electrons. The summed E-state index contributed by atoms with van der Waals surface area (Å²) in [6.07, 6.45) is 0.903. The molecule has 1 aliphatic heterocycles. The summed E-state index contributed by atoms with van der Waals surface area (Å²) >= 11 is 0. The Kier molecular flexibility index (Phi) is 1.64. The smallest absolute Gasteiger partial charge is 0.0889 e. The molecule has 1 unspecified atom stereocenters. The second-order valence-corrected chi connectivity index (χ2v) is 3.14. The molecule has 0 saturated heterocycles. The van der Waals surface area contributed by atoms with E-state index >= 15 is 0 Å². The molecule has 1 atom stereocenters. The molecule has 0 radical (unpaired) electrons. The average Bonchev–Trinajstić information content (AvgIpc) is 2.33. The second-order valence-electron chi connectivity index (χ2n) is 2.65. The molecule has 2 N–H and O–H groups in total. The van der Waals surface area contributed by atoms with Crippen molar-refractivity contribution in [1.29, 1.82) is 0 Å². The van der Waals surface area contributed by atoms with Gasteiger partial charge < -0.3 is 0 Å². The molecule has 2 rings (SSSR count). The first kappa shape index (κ1) is 7.16. The Morgan fingerprint density at radius 2 is 2.36 bits per heavy atom. The summed E-state index contributed by atoms with van der Waals surface area (Å²) < 4.78 is 1.70. The highest BCUT2D eigenvalue weighted by atomic mass is 31.0. The quantitative estimate of drug-likeness (QED) is 0.408. The molecule has 0 aliphatic carbocycles. The van der Waals surface area contributed by atoms with E-state index < -0.39 is 0 Å². The minimum atomic E-state index is 0.742. The van der Waals surface area contributed by atoms with Gasteiger partial charge in [-0.2, -0.15) is 0 Å². The molecule has 0 bridgehead atoms. The third kappa shape index (κ3) is 1.15. The predicted molar refractivity (Wildman–Crippen MR) is 43.4 cm³/mol. The largest absolute Gasteiger partial charge is 0.268 e.